The van der Waals surface area contributed by atoms with Crippen molar-refractivity contribution in [3.8, 4) is 0 Å². The van der Waals surface area contributed by atoms with Crippen molar-refractivity contribution in [1.29, 1.82) is 0 Å². The van der Waals surface area contributed by atoms with Crippen molar-refractivity contribution in [1.82, 2.24) is 9.88 Å². The van der Waals surface area contributed by atoms with E-state index in [1.165, 1.54) is 6.39 Å². The van der Waals surface area contributed by atoms with Crippen molar-refractivity contribution in [3.05, 3.63) is 17.8 Å². The van der Waals surface area contributed by atoms with E-state index in [2.05, 4.69) is 18.8 Å². The number of amides is 1. The van der Waals surface area contributed by atoms with Crippen molar-refractivity contribution < 1.29 is 9.21 Å². The lowest BCUT2D eigenvalue weighted by atomic mass is 10.2. The zero-order valence-electron chi connectivity index (χ0n) is 12.0. The second-order valence-corrected chi connectivity index (χ2v) is 5.34. The summed E-state index contributed by atoms with van der Waals surface area (Å²) in [6.45, 7) is 5.93. The maximum atomic E-state index is 12.6. The molecule has 1 aromatic heterocycles. The standard InChI is InChI=1S/C15H24N2O2/c1-3-5-9-17(10-6-4-2)15(18)14-13(12-7-8-12)16-11-19-14/h11-12H,3-10H2,1-2H3. The molecular formula is C15H24N2O2. The lowest BCUT2D eigenvalue weighted by Crippen LogP contribution is -2.33. The molecule has 0 radical (unpaired) electrons. The molecule has 0 aliphatic heterocycles. The van der Waals surface area contributed by atoms with Crippen molar-refractivity contribution in [2.24, 2.45) is 0 Å². The quantitative estimate of drug-likeness (QED) is 0.720. The molecule has 4 nitrogen and oxygen atoms in total. The number of nitrogens with zero attached hydrogens (tertiary/aromatic N) is 2. The van der Waals surface area contributed by atoms with Crippen LogP contribution in [0.4, 0.5) is 0 Å². The molecule has 0 spiro atoms. The molecule has 0 N–H and O–H groups in total. The van der Waals surface area contributed by atoms with E-state index in [0.29, 0.717) is 11.7 Å². The first-order chi connectivity index (χ1) is 9.27. The van der Waals surface area contributed by atoms with Crippen LogP contribution in [-0.2, 0) is 0 Å². The first-order valence-electron chi connectivity index (χ1n) is 7.50. The monoisotopic (exact) mass is 264 g/mol. The van der Waals surface area contributed by atoms with E-state index >= 15 is 0 Å². The van der Waals surface area contributed by atoms with Crippen LogP contribution in [0.5, 0.6) is 0 Å². The van der Waals surface area contributed by atoms with Gasteiger partial charge < -0.3 is 9.32 Å². The summed E-state index contributed by atoms with van der Waals surface area (Å²) in [4.78, 5) is 18.7. The van der Waals surface area contributed by atoms with E-state index in [4.69, 9.17) is 4.42 Å². The number of hydrogen-bond acceptors (Lipinski definition) is 3. The Morgan fingerprint density at radius 1 is 1.32 bits per heavy atom. The normalized spacial score (nSPS) is 14.6. The third-order valence-electron chi connectivity index (χ3n) is 3.60. The largest absolute Gasteiger partial charge is 0.438 e. The summed E-state index contributed by atoms with van der Waals surface area (Å²) in [5.74, 6) is 0.966. The molecular weight excluding hydrogens is 240 g/mol. The molecule has 1 fully saturated rings. The summed E-state index contributed by atoms with van der Waals surface area (Å²) in [5, 5.41) is 0. The van der Waals surface area contributed by atoms with Gasteiger partial charge in [0, 0.05) is 19.0 Å². The molecule has 0 saturated heterocycles. The molecule has 0 atom stereocenters. The minimum Gasteiger partial charge on any atom is -0.438 e. The van der Waals surface area contributed by atoms with Gasteiger partial charge >= 0.3 is 0 Å². The molecule has 1 aromatic rings. The van der Waals surface area contributed by atoms with E-state index < -0.39 is 0 Å². The van der Waals surface area contributed by atoms with Crippen LogP contribution in [0.2, 0.25) is 0 Å². The van der Waals surface area contributed by atoms with Gasteiger partial charge in [-0.2, -0.15) is 0 Å². The lowest BCUT2D eigenvalue weighted by Gasteiger charge is -2.21. The van der Waals surface area contributed by atoms with Gasteiger partial charge in [-0.05, 0) is 25.7 Å². The number of carbonyl (C=O) groups excluding carboxylic acids is 1. The Morgan fingerprint density at radius 3 is 2.47 bits per heavy atom. The fourth-order valence-corrected chi connectivity index (χ4v) is 2.22. The second-order valence-electron chi connectivity index (χ2n) is 5.34. The molecule has 1 saturated carbocycles. The molecule has 1 amide bonds. The van der Waals surface area contributed by atoms with Crippen LogP contribution in [0.25, 0.3) is 0 Å². The highest BCUT2D eigenvalue weighted by atomic mass is 16.3. The molecule has 0 unspecified atom stereocenters. The predicted octanol–water partition coefficient (Wildman–Crippen LogP) is 3.59. The van der Waals surface area contributed by atoms with E-state index in [1.807, 2.05) is 4.90 Å². The summed E-state index contributed by atoms with van der Waals surface area (Å²) >= 11 is 0. The summed E-state index contributed by atoms with van der Waals surface area (Å²) in [6.07, 6.45) is 7.97. The molecule has 19 heavy (non-hydrogen) atoms. The van der Waals surface area contributed by atoms with Crippen LogP contribution in [0.15, 0.2) is 10.8 Å². The molecule has 1 aliphatic carbocycles. The smallest absolute Gasteiger partial charge is 0.291 e. The van der Waals surface area contributed by atoms with Gasteiger partial charge in [-0.25, -0.2) is 4.98 Å². The summed E-state index contributed by atoms with van der Waals surface area (Å²) < 4.78 is 5.37. The number of aromatic nitrogens is 1. The number of carbonyl (C=O) groups is 1. The van der Waals surface area contributed by atoms with Gasteiger partial charge in [-0.15, -0.1) is 0 Å². The Morgan fingerprint density at radius 2 is 1.95 bits per heavy atom. The van der Waals surface area contributed by atoms with Crippen molar-refractivity contribution in [3.63, 3.8) is 0 Å². The van der Waals surface area contributed by atoms with E-state index in [1.54, 1.807) is 0 Å². The topological polar surface area (TPSA) is 46.3 Å². The van der Waals surface area contributed by atoms with Crippen molar-refractivity contribution in [2.75, 3.05) is 13.1 Å². The van der Waals surface area contributed by atoms with Crippen molar-refractivity contribution in [2.45, 2.75) is 58.3 Å². The number of unbranched alkanes of at least 4 members (excludes halogenated alkanes) is 2. The predicted molar refractivity (Wildman–Crippen MR) is 74.2 cm³/mol. The molecule has 1 aliphatic rings. The highest BCUT2D eigenvalue weighted by molar-refractivity contribution is 5.92. The lowest BCUT2D eigenvalue weighted by molar-refractivity contribution is 0.0717. The number of oxazole rings is 1. The highest BCUT2D eigenvalue weighted by Gasteiger charge is 2.33. The van der Waals surface area contributed by atoms with Crippen LogP contribution < -0.4 is 0 Å². The highest BCUT2D eigenvalue weighted by Crippen LogP contribution is 2.41. The van der Waals surface area contributed by atoms with Crippen LogP contribution in [0.1, 0.15) is 74.5 Å². The Kier molecular flexibility index (Phi) is 5.00. The Balaban J connectivity index is 2.05. The van der Waals surface area contributed by atoms with Crippen LogP contribution in [0.3, 0.4) is 0 Å². The Hall–Kier alpha value is -1.32. The number of hydrogen-bond donors (Lipinski definition) is 0. The van der Waals surface area contributed by atoms with Gasteiger partial charge in [-0.3, -0.25) is 4.79 Å². The van der Waals surface area contributed by atoms with Gasteiger partial charge in [0.25, 0.3) is 5.91 Å². The SMILES string of the molecule is CCCCN(CCCC)C(=O)c1ocnc1C1CC1. The molecule has 1 heterocycles. The molecule has 0 bridgehead atoms. The average Bonchev–Trinajstić information content (AvgIpc) is 3.15. The van der Waals surface area contributed by atoms with Gasteiger partial charge in [0.05, 0.1) is 5.69 Å². The van der Waals surface area contributed by atoms with Crippen LogP contribution >= 0.6 is 0 Å². The zero-order chi connectivity index (χ0) is 13.7. The average molecular weight is 264 g/mol. The first-order valence-corrected chi connectivity index (χ1v) is 7.50. The van der Waals surface area contributed by atoms with E-state index in [9.17, 15) is 4.79 Å². The van der Waals surface area contributed by atoms with Crippen LogP contribution in [0, 0.1) is 0 Å². The third kappa shape index (κ3) is 3.58. The summed E-state index contributed by atoms with van der Waals surface area (Å²) in [6, 6.07) is 0. The van der Waals surface area contributed by atoms with Gasteiger partial charge in [-0.1, -0.05) is 26.7 Å². The minimum atomic E-state index is 0.0290. The fraction of sp³-hybridized carbons (Fsp3) is 0.733. The van der Waals surface area contributed by atoms with Gasteiger partial charge in [0.15, 0.2) is 6.39 Å². The Labute approximate surface area is 115 Å². The van der Waals surface area contributed by atoms with E-state index in [-0.39, 0.29) is 5.91 Å². The minimum absolute atomic E-state index is 0.0290. The maximum absolute atomic E-state index is 12.6. The van der Waals surface area contributed by atoms with Gasteiger partial charge in [0.1, 0.15) is 0 Å². The third-order valence-corrected chi connectivity index (χ3v) is 3.60. The number of rotatable bonds is 8. The molecule has 0 aromatic carbocycles. The first kappa shape index (κ1) is 14.1. The summed E-state index contributed by atoms with van der Waals surface area (Å²) in [7, 11) is 0. The van der Waals surface area contributed by atoms with Gasteiger partial charge in [0.2, 0.25) is 5.76 Å². The Bertz CT molecular complexity index is 402. The van der Waals surface area contributed by atoms with Crippen molar-refractivity contribution >= 4 is 5.91 Å². The molecule has 2 rings (SSSR count). The maximum Gasteiger partial charge on any atom is 0.291 e. The fourth-order valence-electron chi connectivity index (χ4n) is 2.22. The van der Waals surface area contributed by atoms with E-state index in [0.717, 1.165) is 57.3 Å². The summed E-state index contributed by atoms with van der Waals surface area (Å²) in [5.41, 5.74) is 0.878. The zero-order valence-corrected chi connectivity index (χ0v) is 12.0. The van der Waals surface area contributed by atoms with Crippen LogP contribution in [-0.4, -0.2) is 28.9 Å². The molecule has 106 valence electrons. The molecule has 4 heteroatoms. The second kappa shape index (κ2) is 6.73.